The molecule has 98 valence electrons. The van der Waals surface area contributed by atoms with Crippen LogP contribution in [0, 0.1) is 6.04 Å². The predicted octanol–water partition coefficient (Wildman–Crippen LogP) is 4.18. The summed E-state index contributed by atoms with van der Waals surface area (Å²) in [6.45, 7) is 0. The molecule has 1 aliphatic carbocycles. The lowest BCUT2D eigenvalue weighted by Crippen LogP contribution is -2.44. The maximum absolute atomic E-state index is 2.40. The summed E-state index contributed by atoms with van der Waals surface area (Å²) in [5.41, 5.74) is 5.13. The molecule has 0 unspecified atom stereocenters. The third-order valence-corrected chi connectivity index (χ3v) is 4.30. The highest BCUT2D eigenvalue weighted by atomic mass is 15.0. The summed E-state index contributed by atoms with van der Waals surface area (Å²) in [6, 6.07) is 18.7. The van der Waals surface area contributed by atoms with Crippen LogP contribution in [-0.4, -0.2) is 0 Å². The van der Waals surface area contributed by atoms with E-state index < -0.39 is 0 Å². The third kappa shape index (κ3) is 1.40. The largest absolute Gasteiger partial charge is 0.234 e. The van der Waals surface area contributed by atoms with Gasteiger partial charge in [-0.15, -0.1) is 18.2 Å². The van der Waals surface area contributed by atoms with E-state index in [1.54, 1.807) is 0 Å². The van der Waals surface area contributed by atoms with Gasteiger partial charge in [0.15, 0.2) is 11.0 Å². The van der Waals surface area contributed by atoms with Gasteiger partial charge in [-0.25, -0.2) is 4.57 Å². The Balaban J connectivity index is 2.05. The Morgan fingerprint density at radius 3 is 2.76 bits per heavy atom. The molecule has 3 aromatic rings. The second-order valence-electron chi connectivity index (χ2n) is 5.53. The van der Waals surface area contributed by atoms with Crippen LogP contribution in [-0.2, 0) is 0 Å². The molecule has 5 rings (SSSR count). The minimum atomic E-state index is 1.26. The molecular weight excluding hydrogens is 254 g/mol. The van der Waals surface area contributed by atoms with E-state index in [0.717, 1.165) is 0 Å². The van der Waals surface area contributed by atoms with Gasteiger partial charge in [-0.3, -0.25) is 0 Å². The van der Waals surface area contributed by atoms with Crippen LogP contribution in [0.5, 0.6) is 0 Å². The Bertz CT molecular complexity index is 989. The van der Waals surface area contributed by atoms with Crippen LogP contribution in [0.2, 0.25) is 0 Å². The molecule has 2 heterocycles. The van der Waals surface area contributed by atoms with Gasteiger partial charge in [0.25, 0.3) is 0 Å². The first-order valence-corrected chi connectivity index (χ1v) is 7.22. The average Bonchev–Trinajstić information content (AvgIpc) is 2.54. The number of aromatic nitrogens is 1. The van der Waals surface area contributed by atoms with Crippen molar-refractivity contribution in [3.8, 4) is 0 Å². The van der Waals surface area contributed by atoms with Crippen molar-refractivity contribution in [2.24, 2.45) is 0 Å². The van der Waals surface area contributed by atoms with Crippen LogP contribution in [0.15, 0.2) is 78.4 Å². The molecule has 1 aliphatic heterocycles. The molecule has 21 heavy (non-hydrogen) atoms. The van der Waals surface area contributed by atoms with Gasteiger partial charge in [-0.2, -0.15) is 0 Å². The number of fused-ring (bicyclic) bond motifs is 4. The SMILES string of the molecule is C1=CC2=Cc3cccc4cc5ccccc5[n+](c34)[C-]2C=C1. The first kappa shape index (κ1) is 10.9. The summed E-state index contributed by atoms with van der Waals surface area (Å²) >= 11 is 0. The molecule has 0 saturated heterocycles. The van der Waals surface area contributed by atoms with Crippen LogP contribution in [0.25, 0.3) is 27.9 Å². The summed E-state index contributed by atoms with van der Waals surface area (Å²) in [5, 5.41) is 2.57. The van der Waals surface area contributed by atoms with E-state index in [1.807, 2.05) is 0 Å². The average molecular weight is 267 g/mol. The number of hydrogen-bond donors (Lipinski definition) is 0. The van der Waals surface area contributed by atoms with Crippen molar-refractivity contribution in [2.75, 3.05) is 0 Å². The van der Waals surface area contributed by atoms with Crippen molar-refractivity contribution in [1.29, 1.82) is 0 Å². The van der Waals surface area contributed by atoms with Crippen molar-refractivity contribution in [1.82, 2.24) is 0 Å². The zero-order chi connectivity index (χ0) is 13.8. The fourth-order valence-electron chi connectivity index (χ4n) is 3.40. The maximum Gasteiger partial charge on any atom is 0.168 e. The number of allylic oxidation sites excluding steroid dienone is 5. The van der Waals surface area contributed by atoms with Gasteiger partial charge in [0.1, 0.15) is 6.04 Å². The molecule has 0 saturated carbocycles. The lowest BCUT2D eigenvalue weighted by Gasteiger charge is -2.25. The first-order chi connectivity index (χ1) is 10.4. The van der Waals surface area contributed by atoms with Crippen LogP contribution in [0.1, 0.15) is 5.56 Å². The van der Waals surface area contributed by atoms with Crippen molar-refractivity contribution in [2.45, 2.75) is 0 Å². The Hall–Kier alpha value is -2.80. The summed E-state index contributed by atoms with van der Waals surface area (Å²) in [7, 11) is 0. The smallest absolute Gasteiger partial charge is 0.168 e. The zero-order valence-corrected chi connectivity index (χ0v) is 11.5. The molecule has 1 heteroatoms. The predicted molar refractivity (Wildman–Crippen MR) is 86.5 cm³/mol. The van der Waals surface area contributed by atoms with Crippen LogP contribution in [0.4, 0.5) is 0 Å². The molecule has 0 amide bonds. The molecule has 0 radical (unpaired) electrons. The monoisotopic (exact) mass is 267 g/mol. The molecule has 0 spiro atoms. The Morgan fingerprint density at radius 1 is 0.857 bits per heavy atom. The Morgan fingerprint density at radius 2 is 1.76 bits per heavy atom. The third-order valence-electron chi connectivity index (χ3n) is 4.30. The van der Waals surface area contributed by atoms with Crippen LogP contribution >= 0.6 is 0 Å². The molecule has 1 nitrogen and oxygen atoms in total. The molecule has 0 fully saturated rings. The standard InChI is InChI=1S/C20H13N/c1-3-10-18-14(6-1)12-16-8-5-9-17-13-15-7-2-4-11-19(15)21(18)20(16)17/h1-13H. The van der Waals surface area contributed by atoms with Gasteiger partial charge in [0.05, 0.1) is 0 Å². The van der Waals surface area contributed by atoms with Crippen molar-refractivity contribution in [3.63, 3.8) is 0 Å². The molecule has 2 aliphatic rings. The van der Waals surface area contributed by atoms with E-state index in [0.29, 0.717) is 0 Å². The minimum Gasteiger partial charge on any atom is -0.234 e. The number of para-hydroxylation sites is 2. The highest BCUT2D eigenvalue weighted by Crippen LogP contribution is 2.32. The van der Waals surface area contributed by atoms with Crippen molar-refractivity contribution >= 4 is 27.9 Å². The normalized spacial score (nSPS) is 15.4. The van der Waals surface area contributed by atoms with Gasteiger partial charge >= 0.3 is 0 Å². The van der Waals surface area contributed by atoms with Gasteiger partial charge in [-0.1, -0.05) is 42.5 Å². The van der Waals surface area contributed by atoms with E-state index in [-0.39, 0.29) is 0 Å². The number of benzene rings is 2. The van der Waals surface area contributed by atoms with Gasteiger partial charge in [0, 0.05) is 10.8 Å². The first-order valence-electron chi connectivity index (χ1n) is 7.22. The maximum atomic E-state index is 2.40. The molecule has 1 aromatic heterocycles. The molecule has 2 aromatic carbocycles. The fraction of sp³-hybridized carbons (Fsp3) is 0. The second-order valence-corrected chi connectivity index (χ2v) is 5.53. The summed E-state index contributed by atoms with van der Waals surface area (Å²) in [5.74, 6) is 0. The number of hydrogen-bond acceptors (Lipinski definition) is 0. The lowest BCUT2D eigenvalue weighted by molar-refractivity contribution is -0.591. The van der Waals surface area contributed by atoms with Crippen LogP contribution < -0.4 is 4.57 Å². The van der Waals surface area contributed by atoms with E-state index in [9.17, 15) is 0 Å². The highest BCUT2D eigenvalue weighted by molar-refractivity contribution is 5.94. The summed E-state index contributed by atoms with van der Waals surface area (Å²) in [4.78, 5) is 0. The lowest BCUT2D eigenvalue weighted by atomic mass is 9.92. The molecule has 0 bridgehead atoms. The Kier molecular flexibility index (Phi) is 2.01. The van der Waals surface area contributed by atoms with Gasteiger partial charge in [0.2, 0.25) is 0 Å². The quantitative estimate of drug-likeness (QED) is 0.327. The van der Waals surface area contributed by atoms with E-state index in [2.05, 4.69) is 83.5 Å². The Labute approximate surface area is 123 Å². The number of nitrogens with zero attached hydrogens (tertiary/aromatic N) is 1. The molecule has 0 N–H and O–H groups in total. The van der Waals surface area contributed by atoms with Gasteiger partial charge in [-0.05, 0) is 29.3 Å². The number of rotatable bonds is 0. The summed E-state index contributed by atoms with van der Waals surface area (Å²) in [6.07, 6.45) is 10.9. The number of pyridine rings is 1. The second kappa shape index (κ2) is 3.86. The molecule has 0 atom stereocenters. The van der Waals surface area contributed by atoms with Gasteiger partial charge < -0.3 is 0 Å². The minimum absolute atomic E-state index is 1.26. The fourth-order valence-corrected chi connectivity index (χ4v) is 3.40. The van der Waals surface area contributed by atoms with E-state index in [4.69, 9.17) is 0 Å². The zero-order valence-electron chi connectivity index (χ0n) is 11.5. The summed E-state index contributed by atoms with van der Waals surface area (Å²) < 4.78 is 2.40. The van der Waals surface area contributed by atoms with Crippen molar-refractivity contribution < 1.29 is 4.57 Å². The molecular formula is C20H13N. The van der Waals surface area contributed by atoms with E-state index in [1.165, 1.54) is 39.0 Å². The van der Waals surface area contributed by atoms with E-state index >= 15 is 0 Å². The van der Waals surface area contributed by atoms with Crippen molar-refractivity contribution in [3.05, 3.63) is 90.0 Å². The highest BCUT2D eigenvalue weighted by Gasteiger charge is 2.26. The van der Waals surface area contributed by atoms with Crippen LogP contribution in [0.3, 0.4) is 0 Å². The topological polar surface area (TPSA) is 3.88 Å².